The molecular weight excluding hydrogens is 342 g/mol. The highest BCUT2D eigenvalue weighted by Crippen LogP contribution is 2.19. The minimum atomic E-state index is -0.124. The number of urea groups is 1. The maximum atomic E-state index is 12.3. The highest BCUT2D eigenvalue weighted by Gasteiger charge is 2.27. The third-order valence-corrected chi connectivity index (χ3v) is 5.24. The summed E-state index contributed by atoms with van der Waals surface area (Å²) in [7, 11) is 0. The first-order valence-corrected chi connectivity index (χ1v) is 10.2. The molecule has 1 aromatic carbocycles. The molecule has 0 saturated carbocycles. The molecule has 27 heavy (non-hydrogen) atoms. The average Bonchev–Trinajstić information content (AvgIpc) is 2.71. The zero-order valence-corrected chi connectivity index (χ0v) is 17.0. The number of nitrogens with zero attached hydrogens (tertiary/aromatic N) is 1. The Morgan fingerprint density at radius 3 is 2.59 bits per heavy atom. The number of carbonyl (C=O) groups excluding carboxylic acids is 1. The van der Waals surface area contributed by atoms with Crippen molar-refractivity contribution in [3.05, 3.63) is 29.8 Å². The van der Waals surface area contributed by atoms with E-state index in [4.69, 9.17) is 9.47 Å². The van der Waals surface area contributed by atoms with Crippen LogP contribution in [0.2, 0.25) is 0 Å². The summed E-state index contributed by atoms with van der Waals surface area (Å²) in [5, 5.41) is 6.03. The van der Waals surface area contributed by atoms with Gasteiger partial charge >= 0.3 is 6.03 Å². The maximum absolute atomic E-state index is 12.3. The standard InChI is InChI=1S/C21H35N3O3/c1-4-18(5-2)20(24-10-12-26-13-11-24)16-23-21(25)22-15-17-8-7-9-19(14-17)27-6-3/h7-9,14,18,20H,4-6,10-13,15-16H2,1-3H3,(H2,22,23,25). The molecule has 1 heterocycles. The Bertz CT molecular complexity index is 557. The van der Waals surface area contributed by atoms with E-state index in [1.54, 1.807) is 0 Å². The number of carbonyl (C=O) groups is 1. The second-order valence-corrected chi connectivity index (χ2v) is 6.94. The summed E-state index contributed by atoms with van der Waals surface area (Å²) < 4.78 is 11.0. The van der Waals surface area contributed by atoms with Crippen LogP contribution in [0, 0.1) is 5.92 Å². The van der Waals surface area contributed by atoms with Crippen LogP contribution >= 0.6 is 0 Å². The third-order valence-electron chi connectivity index (χ3n) is 5.24. The topological polar surface area (TPSA) is 62.8 Å². The lowest BCUT2D eigenvalue weighted by atomic mass is 9.92. The fraction of sp³-hybridized carbons (Fsp3) is 0.667. The summed E-state index contributed by atoms with van der Waals surface area (Å²) in [5.74, 6) is 1.41. The van der Waals surface area contributed by atoms with Gasteiger partial charge < -0.3 is 20.1 Å². The molecule has 1 aliphatic rings. The molecule has 152 valence electrons. The quantitative estimate of drug-likeness (QED) is 0.658. The maximum Gasteiger partial charge on any atom is 0.315 e. The summed E-state index contributed by atoms with van der Waals surface area (Å²) in [6.45, 7) is 11.6. The van der Waals surface area contributed by atoms with Crippen LogP contribution in [-0.4, -0.2) is 56.4 Å². The smallest absolute Gasteiger partial charge is 0.315 e. The van der Waals surface area contributed by atoms with Crippen LogP contribution < -0.4 is 15.4 Å². The van der Waals surface area contributed by atoms with Gasteiger partial charge in [-0.2, -0.15) is 0 Å². The van der Waals surface area contributed by atoms with Crippen molar-refractivity contribution in [3.63, 3.8) is 0 Å². The summed E-state index contributed by atoms with van der Waals surface area (Å²) in [5.41, 5.74) is 1.03. The SMILES string of the molecule is CCOc1cccc(CNC(=O)NCC(C(CC)CC)N2CCOCC2)c1. The Hall–Kier alpha value is -1.79. The summed E-state index contributed by atoms with van der Waals surface area (Å²) in [6.07, 6.45) is 2.23. The predicted molar refractivity (Wildman–Crippen MR) is 108 cm³/mol. The van der Waals surface area contributed by atoms with Crippen LogP contribution in [0.3, 0.4) is 0 Å². The first-order chi connectivity index (χ1) is 13.2. The average molecular weight is 378 g/mol. The fourth-order valence-corrected chi connectivity index (χ4v) is 3.69. The molecule has 0 aromatic heterocycles. The van der Waals surface area contributed by atoms with Crippen molar-refractivity contribution in [1.29, 1.82) is 0 Å². The van der Waals surface area contributed by atoms with E-state index in [1.807, 2.05) is 31.2 Å². The number of hydrogen-bond acceptors (Lipinski definition) is 4. The van der Waals surface area contributed by atoms with E-state index >= 15 is 0 Å². The molecule has 2 amide bonds. The zero-order valence-electron chi connectivity index (χ0n) is 17.0. The number of nitrogens with one attached hydrogen (secondary N) is 2. The molecule has 6 nitrogen and oxygen atoms in total. The van der Waals surface area contributed by atoms with Crippen molar-refractivity contribution >= 4 is 6.03 Å². The highest BCUT2D eigenvalue weighted by atomic mass is 16.5. The van der Waals surface area contributed by atoms with Gasteiger partial charge in [-0.05, 0) is 30.5 Å². The first kappa shape index (κ1) is 21.5. The molecule has 0 aliphatic carbocycles. The van der Waals surface area contributed by atoms with Gasteiger partial charge in [0.1, 0.15) is 5.75 Å². The Balaban J connectivity index is 1.84. The van der Waals surface area contributed by atoms with Gasteiger partial charge in [0.2, 0.25) is 0 Å². The van der Waals surface area contributed by atoms with E-state index in [1.165, 1.54) is 0 Å². The van der Waals surface area contributed by atoms with Gasteiger partial charge in [0, 0.05) is 32.2 Å². The molecule has 2 rings (SSSR count). The van der Waals surface area contributed by atoms with Crippen LogP contribution in [0.25, 0.3) is 0 Å². The molecule has 1 fully saturated rings. The molecule has 2 N–H and O–H groups in total. The Labute approximate surface area is 163 Å². The number of benzene rings is 1. The van der Waals surface area contributed by atoms with Gasteiger partial charge in [-0.1, -0.05) is 38.8 Å². The van der Waals surface area contributed by atoms with Crippen LogP contribution in [-0.2, 0) is 11.3 Å². The summed E-state index contributed by atoms with van der Waals surface area (Å²) >= 11 is 0. The molecule has 1 atom stereocenters. The van der Waals surface area contributed by atoms with Crippen LogP contribution in [0.4, 0.5) is 4.79 Å². The Morgan fingerprint density at radius 2 is 1.93 bits per heavy atom. The molecular formula is C21H35N3O3. The van der Waals surface area contributed by atoms with E-state index in [0.29, 0.717) is 31.7 Å². The van der Waals surface area contributed by atoms with E-state index in [0.717, 1.165) is 50.5 Å². The van der Waals surface area contributed by atoms with Crippen molar-refractivity contribution in [2.24, 2.45) is 5.92 Å². The minimum absolute atomic E-state index is 0.124. The first-order valence-electron chi connectivity index (χ1n) is 10.2. The molecule has 0 spiro atoms. The van der Waals surface area contributed by atoms with Gasteiger partial charge in [-0.3, -0.25) is 4.90 Å². The van der Waals surface area contributed by atoms with E-state index in [2.05, 4.69) is 29.4 Å². The monoisotopic (exact) mass is 377 g/mol. The molecule has 0 radical (unpaired) electrons. The molecule has 1 aromatic rings. The fourth-order valence-electron chi connectivity index (χ4n) is 3.69. The van der Waals surface area contributed by atoms with Crippen LogP contribution in [0.5, 0.6) is 5.75 Å². The lowest BCUT2D eigenvalue weighted by Crippen LogP contribution is -2.53. The number of morpholine rings is 1. The Kier molecular flexibility index (Phi) is 9.42. The second-order valence-electron chi connectivity index (χ2n) is 6.94. The molecule has 1 unspecified atom stereocenters. The van der Waals surface area contributed by atoms with Crippen molar-refractivity contribution in [2.45, 2.75) is 46.2 Å². The van der Waals surface area contributed by atoms with E-state index < -0.39 is 0 Å². The van der Waals surface area contributed by atoms with Gasteiger partial charge in [-0.15, -0.1) is 0 Å². The molecule has 1 saturated heterocycles. The number of amides is 2. The highest BCUT2D eigenvalue weighted by molar-refractivity contribution is 5.73. The summed E-state index contributed by atoms with van der Waals surface area (Å²) in [4.78, 5) is 14.8. The molecule has 1 aliphatic heterocycles. The van der Waals surface area contributed by atoms with E-state index in [-0.39, 0.29) is 6.03 Å². The molecule has 6 heteroatoms. The normalized spacial score (nSPS) is 16.1. The second kappa shape index (κ2) is 11.8. The number of hydrogen-bond donors (Lipinski definition) is 2. The summed E-state index contributed by atoms with van der Waals surface area (Å²) in [6, 6.07) is 8.06. The molecule has 0 bridgehead atoms. The minimum Gasteiger partial charge on any atom is -0.494 e. The van der Waals surface area contributed by atoms with E-state index in [9.17, 15) is 4.79 Å². The lowest BCUT2D eigenvalue weighted by Gasteiger charge is -2.38. The van der Waals surface area contributed by atoms with Gasteiger partial charge in [0.15, 0.2) is 0 Å². The number of rotatable bonds is 10. The van der Waals surface area contributed by atoms with Crippen molar-refractivity contribution in [1.82, 2.24) is 15.5 Å². The van der Waals surface area contributed by atoms with Gasteiger partial charge in [0.05, 0.1) is 19.8 Å². The van der Waals surface area contributed by atoms with Crippen LogP contribution in [0.1, 0.15) is 39.2 Å². The van der Waals surface area contributed by atoms with Crippen molar-refractivity contribution in [2.75, 3.05) is 39.5 Å². The largest absolute Gasteiger partial charge is 0.494 e. The Morgan fingerprint density at radius 1 is 1.19 bits per heavy atom. The third kappa shape index (κ3) is 7.03. The van der Waals surface area contributed by atoms with Crippen molar-refractivity contribution in [3.8, 4) is 5.75 Å². The number of ether oxygens (including phenoxy) is 2. The van der Waals surface area contributed by atoms with Gasteiger partial charge in [0.25, 0.3) is 0 Å². The lowest BCUT2D eigenvalue weighted by molar-refractivity contribution is 0.00237. The van der Waals surface area contributed by atoms with Crippen LogP contribution in [0.15, 0.2) is 24.3 Å². The van der Waals surface area contributed by atoms with Gasteiger partial charge in [-0.25, -0.2) is 4.79 Å². The van der Waals surface area contributed by atoms with Crippen molar-refractivity contribution < 1.29 is 14.3 Å². The zero-order chi connectivity index (χ0) is 19.5. The predicted octanol–water partition coefficient (Wildman–Crippen LogP) is 3.02.